The summed E-state index contributed by atoms with van der Waals surface area (Å²) < 4.78 is 10.8. The third-order valence-corrected chi connectivity index (χ3v) is 2.79. The minimum Gasteiger partial charge on any atom is -0.492 e. The first-order chi connectivity index (χ1) is 9.31. The average molecular weight is 300 g/mol. The van der Waals surface area contributed by atoms with Crippen LogP contribution in [0.3, 0.4) is 0 Å². The summed E-state index contributed by atoms with van der Waals surface area (Å²) in [6.45, 7) is 6.40. The predicted octanol–water partition coefficient (Wildman–Crippen LogP) is 3.67. The molecule has 0 aromatic heterocycles. The second kappa shape index (κ2) is 7.39. The summed E-state index contributed by atoms with van der Waals surface area (Å²) in [4.78, 5) is 13.2. The van der Waals surface area contributed by atoms with Gasteiger partial charge in [0.05, 0.1) is 6.54 Å². The molecule has 112 valence electrons. The topological polar surface area (TPSA) is 38.8 Å². The summed E-state index contributed by atoms with van der Waals surface area (Å²) in [5, 5.41) is 0. The summed E-state index contributed by atoms with van der Waals surface area (Å²) in [6.07, 6.45) is -0.349. The van der Waals surface area contributed by atoms with E-state index in [1.165, 1.54) is 4.90 Å². The summed E-state index contributed by atoms with van der Waals surface area (Å²) in [5.74, 6) is 1.25. The number of hydrogen-bond donors (Lipinski definition) is 0. The number of rotatable bonds is 5. The number of likely N-dealkylation sites (N-methyl/N-ethyl adjacent to an activating group) is 1. The molecule has 0 N–H and O–H groups in total. The molecule has 4 nitrogen and oxygen atoms in total. The van der Waals surface area contributed by atoms with Crippen LogP contribution in [0.25, 0.3) is 0 Å². The van der Waals surface area contributed by atoms with Gasteiger partial charge in [-0.05, 0) is 38.5 Å². The van der Waals surface area contributed by atoms with E-state index in [4.69, 9.17) is 21.1 Å². The fourth-order valence-corrected chi connectivity index (χ4v) is 1.58. The Bertz CT molecular complexity index is 426. The maximum Gasteiger partial charge on any atom is 0.410 e. The van der Waals surface area contributed by atoms with E-state index in [1.54, 1.807) is 7.05 Å². The molecule has 20 heavy (non-hydrogen) atoms. The lowest BCUT2D eigenvalue weighted by molar-refractivity contribution is 0.0278. The highest BCUT2D eigenvalue weighted by molar-refractivity contribution is 6.17. The Morgan fingerprint density at radius 2 is 1.85 bits per heavy atom. The molecule has 0 radical (unpaired) electrons. The largest absolute Gasteiger partial charge is 0.492 e. The number of halogens is 1. The van der Waals surface area contributed by atoms with Crippen LogP contribution in [0.15, 0.2) is 24.3 Å². The molecule has 0 atom stereocenters. The molecule has 0 aliphatic heterocycles. The lowest BCUT2D eigenvalue weighted by atomic mass is 10.2. The van der Waals surface area contributed by atoms with E-state index >= 15 is 0 Å². The van der Waals surface area contributed by atoms with E-state index in [-0.39, 0.29) is 6.09 Å². The Balaban J connectivity index is 2.34. The molecule has 5 heteroatoms. The molecule has 1 amide bonds. The first kappa shape index (κ1) is 16.6. The third-order valence-electron chi connectivity index (χ3n) is 2.48. The van der Waals surface area contributed by atoms with E-state index in [1.807, 2.05) is 45.0 Å². The van der Waals surface area contributed by atoms with Crippen molar-refractivity contribution in [2.24, 2.45) is 0 Å². The molecule has 1 aromatic carbocycles. The SMILES string of the molecule is CN(CCOc1ccc(CCl)cc1)C(=O)OC(C)(C)C. The molecule has 0 aliphatic rings. The minimum atomic E-state index is -0.483. The zero-order chi connectivity index (χ0) is 15.2. The molecule has 0 spiro atoms. The highest BCUT2D eigenvalue weighted by atomic mass is 35.5. The van der Waals surface area contributed by atoms with Gasteiger partial charge in [-0.15, -0.1) is 11.6 Å². The molecule has 0 saturated carbocycles. The molecule has 0 aliphatic carbocycles. The van der Waals surface area contributed by atoms with E-state index in [9.17, 15) is 4.79 Å². The quantitative estimate of drug-likeness (QED) is 0.779. The number of carbonyl (C=O) groups is 1. The van der Waals surface area contributed by atoms with Crippen molar-refractivity contribution >= 4 is 17.7 Å². The number of nitrogens with zero attached hydrogens (tertiary/aromatic N) is 1. The van der Waals surface area contributed by atoms with Gasteiger partial charge in [-0.25, -0.2) is 4.79 Å². The van der Waals surface area contributed by atoms with Gasteiger partial charge in [0.25, 0.3) is 0 Å². The van der Waals surface area contributed by atoms with Crippen LogP contribution < -0.4 is 4.74 Å². The van der Waals surface area contributed by atoms with Gasteiger partial charge in [0.2, 0.25) is 0 Å². The second-order valence-corrected chi connectivity index (χ2v) is 5.80. The molecular weight excluding hydrogens is 278 g/mol. The number of carbonyl (C=O) groups excluding carboxylic acids is 1. The van der Waals surface area contributed by atoms with Crippen LogP contribution in [0.5, 0.6) is 5.75 Å². The van der Waals surface area contributed by atoms with Crippen molar-refractivity contribution in [3.05, 3.63) is 29.8 Å². The van der Waals surface area contributed by atoms with Crippen LogP contribution >= 0.6 is 11.6 Å². The molecule has 1 aromatic rings. The maximum absolute atomic E-state index is 11.7. The van der Waals surface area contributed by atoms with Crippen LogP contribution in [-0.4, -0.2) is 36.8 Å². The Labute approximate surface area is 125 Å². The van der Waals surface area contributed by atoms with Crippen molar-refractivity contribution in [2.45, 2.75) is 32.3 Å². The Morgan fingerprint density at radius 3 is 2.35 bits per heavy atom. The fourth-order valence-electron chi connectivity index (χ4n) is 1.41. The number of amides is 1. The highest BCUT2D eigenvalue weighted by Crippen LogP contribution is 2.13. The normalized spacial score (nSPS) is 11.1. The molecule has 0 bridgehead atoms. The second-order valence-electron chi connectivity index (χ2n) is 5.53. The maximum atomic E-state index is 11.7. The summed E-state index contributed by atoms with van der Waals surface area (Å²) in [7, 11) is 1.69. The highest BCUT2D eigenvalue weighted by Gasteiger charge is 2.19. The van der Waals surface area contributed by atoms with Crippen LogP contribution in [0.1, 0.15) is 26.3 Å². The molecule has 0 fully saturated rings. The van der Waals surface area contributed by atoms with Gasteiger partial charge in [0.1, 0.15) is 18.0 Å². The Morgan fingerprint density at radius 1 is 1.25 bits per heavy atom. The lowest BCUT2D eigenvalue weighted by Gasteiger charge is -2.24. The van der Waals surface area contributed by atoms with E-state index in [2.05, 4.69) is 0 Å². The first-order valence-electron chi connectivity index (χ1n) is 6.53. The molecule has 0 heterocycles. The molecule has 0 saturated heterocycles. The zero-order valence-corrected chi connectivity index (χ0v) is 13.2. The van der Waals surface area contributed by atoms with E-state index < -0.39 is 5.60 Å². The minimum absolute atomic E-state index is 0.349. The monoisotopic (exact) mass is 299 g/mol. The van der Waals surface area contributed by atoms with Crippen molar-refractivity contribution in [3.63, 3.8) is 0 Å². The summed E-state index contributed by atoms with van der Waals surface area (Å²) in [6, 6.07) is 7.57. The number of benzene rings is 1. The fraction of sp³-hybridized carbons (Fsp3) is 0.533. The summed E-state index contributed by atoms with van der Waals surface area (Å²) in [5.41, 5.74) is 0.564. The average Bonchev–Trinajstić information content (AvgIpc) is 2.37. The van der Waals surface area contributed by atoms with Crippen LogP contribution in [0.2, 0.25) is 0 Å². The lowest BCUT2D eigenvalue weighted by Crippen LogP contribution is -2.36. The van der Waals surface area contributed by atoms with Crippen LogP contribution in [-0.2, 0) is 10.6 Å². The van der Waals surface area contributed by atoms with Gasteiger partial charge >= 0.3 is 6.09 Å². The van der Waals surface area contributed by atoms with Gasteiger partial charge < -0.3 is 14.4 Å². The van der Waals surface area contributed by atoms with Crippen molar-refractivity contribution in [1.82, 2.24) is 4.90 Å². The number of ether oxygens (including phenoxy) is 2. The van der Waals surface area contributed by atoms with Crippen molar-refractivity contribution in [3.8, 4) is 5.75 Å². The smallest absolute Gasteiger partial charge is 0.410 e. The van der Waals surface area contributed by atoms with E-state index in [0.29, 0.717) is 19.0 Å². The Hall–Kier alpha value is -1.42. The summed E-state index contributed by atoms with van der Waals surface area (Å²) >= 11 is 5.71. The van der Waals surface area contributed by atoms with E-state index in [0.717, 1.165) is 11.3 Å². The Kier molecular flexibility index (Phi) is 6.14. The first-order valence-corrected chi connectivity index (χ1v) is 7.07. The van der Waals surface area contributed by atoms with Crippen molar-refractivity contribution in [1.29, 1.82) is 0 Å². The number of hydrogen-bond acceptors (Lipinski definition) is 3. The predicted molar refractivity (Wildman–Crippen MR) is 80.4 cm³/mol. The number of alkyl halides is 1. The van der Waals surface area contributed by atoms with Crippen molar-refractivity contribution in [2.75, 3.05) is 20.2 Å². The van der Waals surface area contributed by atoms with Gasteiger partial charge in [-0.3, -0.25) is 0 Å². The third kappa shape index (κ3) is 6.15. The van der Waals surface area contributed by atoms with Gasteiger partial charge in [-0.1, -0.05) is 12.1 Å². The van der Waals surface area contributed by atoms with Gasteiger partial charge in [0.15, 0.2) is 0 Å². The van der Waals surface area contributed by atoms with Gasteiger partial charge in [-0.2, -0.15) is 0 Å². The van der Waals surface area contributed by atoms with Crippen LogP contribution in [0, 0.1) is 0 Å². The van der Waals surface area contributed by atoms with Gasteiger partial charge in [0, 0.05) is 12.9 Å². The zero-order valence-electron chi connectivity index (χ0n) is 12.5. The molecular formula is C15H22ClNO3. The van der Waals surface area contributed by atoms with Crippen molar-refractivity contribution < 1.29 is 14.3 Å². The molecule has 1 rings (SSSR count). The standard InChI is InChI=1S/C15H22ClNO3/c1-15(2,3)20-14(18)17(4)9-10-19-13-7-5-12(11-16)6-8-13/h5-8H,9-11H2,1-4H3. The van der Waals surface area contributed by atoms with Crippen LogP contribution in [0.4, 0.5) is 4.79 Å². The molecule has 0 unspecified atom stereocenters.